The van der Waals surface area contributed by atoms with Crippen molar-refractivity contribution < 1.29 is 14.1 Å². The summed E-state index contributed by atoms with van der Waals surface area (Å²) in [7, 11) is 1.99. The first-order chi connectivity index (χ1) is 13.0. The Hall–Kier alpha value is -3.44. The Bertz CT molecular complexity index is 933. The fourth-order valence-electron chi connectivity index (χ4n) is 2.82. The van der Waals surface area contributed by atoms with Gasteiger partial charge >= 0.3 is 0 Å². The molecule has 3 rings (SSSR count). The van der Waals surface area contributed by atoms with E-state index in [1.165, 1.54) is 18.2 Å². The van der Waals surface area contributed by atoms with Gasteiger partial charge in [-0.25, -0.2) is 0 Å². The Morgan fingerprint density at radius 1 is 1.26 bits per heavy atom. The van der Waals surface area contributed by atoms with E-state index >= 15 is 0 Å². The van der Waals surface area contributed by atoms with Gasteiger partial charge in [0.05, 0.1) is 4.92 Å². The van der Waals surface area contributed by atoms with Crippen LogP contribution in [0.5, 0.6) is 0 Å². The lowest BCUT2D eigenvalue weighted by Gasteiger charge is -2.32. The Morgan fingerprint density at radius 3 is 2.67 bits per heavy atom. The second kappa shape index (κ2) is 7.85. The molecule has 0 unspecified atom stereocenters. The number of non-ortho nitro benzene ring substituents is 1. The maximum absolute atomic E-state index is 12.5. The average Bonchev–Trinajstić information content (AvgIpc) is 3.15. The van der Waals surface area contributed by atoms with Crippen LogP contribution < -0.4 is 0 Å². The predicted molar refractivity (Wildman–Crippen MR) is 98.5 cm³/mol. The summed E-state index contributed by atoms with van der Waals surface area (Å²) in [6.45, 7) is 2.68. The van der Waals surface area contributed by atoms with E-state index in [9.17, 15) is 20.2 Å². The molecule has 0 bridgehead atoms. The van der Waals surface area contributed by atoms with Crippen molar-refractivity contribution >= 4 is 17.7 Å². The molecular weight excluding hydrogens is 348 g/mol. The molecule has 1 fully saturated rings. The second-order valence-electron chi connectivity index (χ2n) is 6.27. The Morgan fingerprint density at radius 2 is 2.00 bits per heavy atom. The molecule has 0 radical (unpaired) electrons. The molecule has 1 aliphatic rings. The van der Waals surface area contributed by atoms with E-state index in [-0.39, 0.29) is 17.2 Å². The number of furan rings is 1. The van der Waals surface area contributed by atoms with E-state index in [2.05, 4.69) is 4.90 Å². The summed E-state index contributed by atoms with van der Waals surface area (Å²) in [5.74, 6) is 0.448. The number of nitro groups is 1. The van der Waals surface area contributed by atoms with Gasteiger partial charge in [0, 0.05) is 50.0 Å². The molecule has 1 amide bonds. The van der Waals surface area contributed by atoms with Crippen molar-refractivity contribution in [3.05, 3.63) is 57.8 Å². The number of nitriles is 1. The number of piperazine rings is 1. The molecule has 0 spiro atoms. The first-order valence-electron chi connectivity index (χ1n) is 8.42. The molecule has 0 saturated carbocycles. The van der Waals surface area contributed by atoms with Crippen LogP contribution in [0, 0.1) is 21.4 Å². The van der Waals surface area contributed by atoms with E-state index < -0.39 is 4.92 Å². The number of carbonyl (C=O) groups excluding carboxylic acids is 1. The van der Waals surface area contributed by atoms with Gasteiger partial charge in [-0.1, -0.05) is 12.1 Å². The number of hydrogen-bond acceptors (Lipinski definition) is 6. The van der Waals surface area contributed by atoms with Crippen LogP contribution in [-0.4, -0.2) is 53.9 Å². The van der Waals surface area contributed by atoms with Crippen LogP contribution in [0.4, 0.5) is 5.69 Å². The van der Waals surface area contributed by atoms with Crippen LogP contribution >= 0.6 is 0 Å². The summed E-state index contributed by atoms with van der Waals surface area (Å²) in [6.07, 6.45) is 1.40. The van der Waals surface area contributed by atoms with Crippen molar-refractivity contribution in [2.45, 2.75) is 0 Å². The summed E-state index contributed by atoms with van der Waals surface area (Å²) in [5, 5.41) is 20.3. The van der Waals surface area contributed by atoms with Crippen molar-refractivity contribution in [2.75, 3.05) is 33.2 Å². The maximum atomic E-state index is 12.5. The standard InChI is InChI=1S/C19H18N4O4/c1-21-7-9-22(10-8-21)19(24)15(13-20)12-17-5-6-18(27-17)14-3-2-4-16(11-14)23(25)26/h2-6,11-12H,7-10H2,1H3. The van der Waals surface area contributed by atoms with E-state index in [1.807, 2.05) is 13.1 Å². The number of likely N-dealkylation sites (N-methyl/N-ethyl adjacent to an activating group) is 1. The second-order valence-corrected chi connectivity index (χ2v) is 6.27. The van der Waals surface area contributed by atoms with Gasteiger partial charge in [-0.15, -0.1) is 0 Å². The van der Waals surface area contributed by atoms with Crippen molar-refractivity contribution in [1.82, 2.24) is 9.80 Å². The topological polar surface area (TPSA) is 104 Å². The SMILES string of the molecule is CN1CCN(C(=O)C(C#N)=Cc2ccc(-c3cccc([N+](=O)[O-])c3)o2)CC1. The molecule has 0 aliphatic carbocycles. The molecule has 1 aromatic carbocycles. The zero-order chi connectivity index (χ0) is 19.4. The third kappa shape index (κ3) is 4.22. The number of nitrogens with zero attached hydrogens (tertiary/aromatic N) is 4. The van der Waals surface area contributed by atoms with Crippen LogP contribution in [0.3, 0.4) is 0 Å². The first kappa shape index (κ1) is 18.4. The van der Waals surface area contributed by atoms with Crippen LogP contribution in [0.15, 0.2) is 46.4 Å². The number of nitro benzene ring substituents is 1. The van der Waals surface area contributed by atoms with Gasteiger partial charge in [-0.3, -0.25) is 14.9 Å². The van der Waals surface area contributed by atoms with E-state index in [0.29, 0.717) is 30.2 Å². The van der Waals surface area contributed by atoms with E-state index in [1.54, 1.807) is 29.2 Å². The third-order valence-corrected chi connectivity index (χ3v) is 4.40. The summed E-state index contributed by atoms with van der Waals surface area (Å²) in [6, 6.07) is 11.3. The zero-order valence-electron chi connectivity index (χ0n) is 14.8. The predicted octanol–water partition coefficient (Wildman–Crippen LogP) is 2.54. The molecule has 8 nitrogen and oxygen atoms in total. The largest absolute Gasteiger partial charge is 0.457 e. The highest BCUT2D eigenvalue weighted by Crippen LogP contribution is 2.26. The molecule has 1 aromatic heterocycles. The van der Waals surface area contributed by atoms with Crippen LogP contribution in [0.1, 0.15) is 5.76 Å². The lowest BCUT2D eigenvalue weighted by molar-refractivity contribution is -0.384. The first-order valence-corrected chi connectivity index (χ1v) is 8.42. The van der Waals surface area contributed by atoms with Crippen LogP contribution in [0.2, 0.25) is 0 Å². The summed E-state index contributed by atoms with van der Waals surface area (Å²) >= 11 is 0. The molecule has 1 aliphatic heterocycles. The van der Waals surface area contributed by atoms with Crippen molar-refractivity contribution in [2.24, 2.45) is 0 Å². The lowest BCUT2D eigenvalue weighted by atomic mass is 10.1. The highest BCUT2D eigenvalue weighted by Gasteiger charge is 2.22. The zero-order valence-corrected chi connectivity index (χ0v) is 14.8. The van der Waals surface area contributed by atoms with Gasteiger partial charge in [0.2, 0.25) is 0 Å². The average molecular weight is 366 g/mol. The van der Waals surface area contributed by atoms with Gasteiger partial charge in [-0.2, -0.15) is 5.26 Å². The van der Waals surface area contributed by atoms with Crippen LogP contribution in [-0.2, 0) is 4.79 Å². The number of carbonyl (C=O) groups is 1. The minimum atomic E-state index is -0.476. The molecule has 1 saturated heterocycles. The fraction of sp³-hybridized carbons (Fsp3) is 0.263. The quantitative estimate of drug-likeness (QED) is 0.356. The normalized spacial score (nSPS) is 15.4. The number of rotatable bonds is 4. The molecule has 138 valence electrons. The molecule has 2 aromatic rings. The maximum Gasteiger partial charge on any atom is 0.270 e. The number of benzene rings is 1. The monoisotopic (exact) mass is 366 g/mol. The van der Waals surface area contributed by atoms with Crippen molar-refractivity contribution in [1.29, 1.82) is 5.26 Å². The third-order valence-electron chi connectivity index (χ3n) is 4.40. The highest BCUT2D eigenvalue weighted by molar-refractivity contribution is 6.01. The van der Waals surface area contributed by atoms with Crippen molar-refractivity contribution in [3.8, 4) is 17.4 Å². The summed E-state index contributed by atoms with van der Waals surface area (Å²) in [5.41, 5.74) is 0.510. The molecule has 0 N–H and O–H groups in total. The molecule has 27 heavy (non-hydrogen) atoms. The van der Waals surface area contributed by atoms with Crippen molar-refractivity contribution in [3.63, 3.8) is 0 Å². The number of hydrogen-bond donors (Lipinski definition) is 0. The Labute approximate surface area is 156 Å². The van der Waals surface area contributed by atoms with Crippen LogP contribution in [0.25, 0.3) is 17.4 Å². The smallest absolute Gasteiger partial charge is 0.270 e. The molecule has 8 heteroatoms. The molecular formula is C19H18N4O4. The Kier molecular flexibility index (Phi) is 5.33. The Balaban J connectivity index is 1.80. The fourth-order valence-corrected chi connectivity index (χ4v) is 2.82. The highest BCUT2D eigenvalue weighted by atomic mass is 16.6. The minimum absolute atomic E-state index is 0.000467. The lowest BCUT2D eigenvalue weighted by Crippen LogP contribution is -2.47. The summed E-state index contributed by atoms with van der Waals surface area (Å²) in [4.78, 5) is 26.7. The summed E-state index contributed by atoms with van der Waals surface area (Å²) < 4.78 is 5.66. The van der Waals surface area contributed by atoms with Gasteiger partial charge < -0.3 is 14.2 Å². The molecule has 0 atom stereocenters. The molecule has 2 heterocycles. The van der Waals surface area contributed by atoms with Gasteiger partial charge in [0.15, 0.2) is 0 Å². The van der Waals surface area contributed by atoms with Gasteiger partial charge in [-0.05, 0) is 19.2 Å². The minimum Gasteiger partial charge on any atom is -0.457 e. The van der Waals surface area contributed by atoms with Gasteiger partial charge in [0.1, 0.15) is 23.2 Å². The van der Waals surface area contributed by atoms with Gasteiger partial charge in [0.25, 0.3) is 11.6 Å². The van der Waals surface area contributed by atoms with E-state index in [4.69, 9.17) is 4.42 Å². The van der Waals surface area contributed by atoms with E-state index in [0.717, 1.165) is 13.1 Å². The number of amides is 1.